The number of allylic oxidation sites excluding steroid dienone is 2. The Kier molecular flexibility index (Phi) is 6.75. The minimum atomic E-state index is -5.29. The molecular weight excluding hydrogens is 695 g/mol. The molecule has 0 bridgehead atoms. The number of rotatable bonds is 8. The Bertz CT molecular complexity index is 1880. The van der Waals surface area contributed by atoms with Gasteiger partial charge in [-0.2, -0.15) is 0 Å². The van der Waals surface area contributed by atoms with Gasteiger partial charge in [0.25, 0.3) is 0 Å². The van der Waals surface area contributed by atoms with Crippen LogP contribution in [0.3, 0.4) is 0 Å². The van der Waals surface area contributed by atoms with Crippen molar-refractivity contribution in [2.24, 2.45) is 0 Å². The molecule has 0 saturated carbocycles. The van der Waals surface area contributed by atoms with Crippen molar-refractivity contribution in [3.05, 3.63) is 129 Å². The van der Waals surface area contributed by atoms with Crippen molar-refractivity contribution in [1.29, 1.82) is 0 Å². The maximum atomic E-state index is 5.87. The molecule has 2 unspecified atom stereocenters. The zero-order valence-corrected chi connectivity index (χ0v) is 32.0. The van der Waals surface area contributed by atoms with E-state index >= 15 is 0 Å². The van der Waals surface area contributed by atoms with Gasteiger partial charge < -0.3 is 0 Å². The molecule has 0 N–H and O–H groups in total. The van der Waals surface area contributed by atoms with Crippen molar-refractivity contribution >= 4 is 16.4 Å². The van der Waals surface area contributed by atoms with Crippen LogP contribution in [0.2, 0.25) is 17.7 Å². The summed E-state index contributed by atoms with van der Waals surface area (Å²) in [6, 6.07) is 27.7. The average molecular weight is 747 g/mol. The molecule has 1 heteroatoms. The Morgan fingerprint density at radius 3 is 1.30 bits per heavy atom. The maximum absolute atomic E-state index is 5.87. The first kappa shape index (κ1) is 31.1. The SMILES string of the molecule is [CH2]=[Hf]([CH3])([CH3])([CH2]CC)([CH2]CC)([CH]1C=Cc2c(-c3cccc(C)c3C)cccc21)[CH]1C=Cc2c(-c3cccc(C)c3C)cccc21. The molecule has 2 aliphatic carbocycles. The molecule has 0 spiro atoms. The van der Waals surface area contributed by atoms with E-state index < -0.39 is 15.1 Å². The monoisotopic (exact) mass is 748 g/mol. The van der Waals surface area contributed by atoms with Crippen LogP contribution in [0.15, 0.2) is 84.9 Å². The first-order valence-electron chi connectivity index (χ1n) is 17.0. The molecule has 0 heterocycles. The Labute approximate surface area is 261 Å². The molecule has 0 nitrogen and oxygen atoms in total. The Balaban J connectivity index is 1.63. The van der Waals surface area contributed by atoms with Crippen molar-refractivity contribution < 1.29 is 15.1 Å². The van der Waals surface area contributed by atoms with Gasteiger partial charge in [0.2, 0.25) is 0 Å². The van der Waals surface area contributed by atoms with Crippen LogP contribution in [-0.2, 0) is 15.1 Å². The Morgan fingerprint density at radius 2 is 0.909 bits per heavy atom. The predicted octanol–water partition coefficient (Wildman–Crippen LogP) is 13.0. The number of benzene rings is 4. The van der Waals surface area contributed by atoms with Crippen LogP contribution >= 0.6 is 0 Å². The van der Waals surface area contributed by atoms with E-state index in [1.54, 1.807) is 0 Å². The topological polar surface area (TPSA) is 0 Å². The van der Waals surface area contributed by atoms with Gasteiger partial charge in [-0.3, -0.25) is 0 Å². The fraction of sp³-hybridized carbons (Fsp3) is 0.326. The molecule has 2 aliphatic rings. The number of fused-ring (bicyclic) bond motifs is 2. The van der Waals surface area contributed by atoms with E-state index in [2.05, 4.69) is 148 Å². The van der Waals surface area contributed by atoms with E-state index in [-0.39, 0.29) is 0 Å². The van der Waals surface area contributed by atoms with Gasteiger partial charge in [0.05, 0.1) is 0 Å². The molecule has 0 radical (unpaired) electrons. The van der Waals surface area contributed by atoms with E-state index in [0.717, 1.165) is 12.8 Å². The molecule has 44 heavy (non-hydrogen) atoms. The summed E-state index contributed by atoms with van der Waals surface area (Å²) in [6.45, 7) is 13.8. The van der Waals surface area contributed by atoms with E-state index in [1.807, 2.05) is 0 Å². The normalized spacial score (nSPS) is 19.6. The van der Waals surface area contributed by atoms with Crippen LogP contribution in [-0.4, -0.2) is 4.26 Å². The van der Waals surface area contributed by atoms with E-state index in [1.165, 1.54) is 75.1 Å². The second kappa shape index (κ2) is 9.56. The van der Waals surface area contributed by atoms with Crippen LogP contribution < -0.4 is 0 Å². The first-order valence-corrected chi connectivity index (χ1v) is 36.0. The molecule has 0 aliphatic heterocycles. The summed E-state index contributed by atoms with van der Waals surface area (Å²) in [4.78, 5) is 0. The number of aryl methyl sites for hydroxylation is 2. The summed E-state index contributed by atoms with van der Waals surface area (Å²) < 4.78 is 14.5. The van der Waals surface area contributed by atoms with E-state index in [4.69, 9.17) is 4.26 Å². The third-order valence-corrected chi connectivity index (χ3v) is 58.0. The zero-order chi connectivity index (χ0) is 31.6. The summed E-state index contributed by atoms with van der Waals surface area (Å²) in [5.41, 5.74) is 16.7. The van der Waals surface area contributed by atoms with Crippen molar-refractivity contribution in [3.8, 4) is 22.3 Å². The fourth-order valence-corrected chi connectivity index (χ4v) is 53.5. The van der Waals surface area contributed by atoms with Gasteiger partial charge in [-0.1, -0.05) is 0 Å². The molecule has 4 aromatic rings. The van der Waals surface area contributed by atoms with Crippen molar-refractivity contribution in [2.75, 3.05) is 0 Å². The molecule has 2 atom stereocenters. The van der Waals surface area contributed by atoms with Crippen LogP contribution in [0.25, 0.3) is 34.4 Å². The van der Waals surface area contributed by atoms with E-state index in [9.17, 15) is 0 Å². The molecular formula is C43H52Hf. The summed E-state index contributed by atoms with van der Waals surface area (Å²) in [6.07, 6.45) is 12.5. The average Bonchev–Trinajstić information content (AvgIpc) is 3.63. The van der Waals surface area contributed by atoms with E-state index in [0.29, 0.717) is 7.35 Å². The molecule has 6 rings (SSSR count). The fourth-order valence-electron chi connectivity index (χ4n) is 10.8. The molecule has 0 aromatic heterocycles. The molecule has 228 valence electrons. The Morgan fingerprint density at radius 1 is 0.545 bits per heavy atom. The van der Waals surface area contributed by atoms with Crippen molar-refractivity contribution in [1.82, 2.24) is 0 Å². The third kappa shape index (κ3) is 4.14. The van der Waals surface area contributed by atoms with Crippen molar-refractivity contribution in [3.63, 3.8) is 0 Å². The second-order valence-electron chi connectivity index (χ2n) is 17.2. The second-order valence-corrected chi connectivity index (χ2v) is 67.8. The van der Waals surface area contributed by atoms with Crippen LogP contribution in [0.5, 0.6) is 0 Å². The summed E-state index contributed by atoms with van der Waals surface area (Å²) >= 11 is -5.29. The quantitative estimate of drug-likeness (QED) is 0.158. The zero-order valence-electron chi connectivity index (χ0n) is 28.4. The molecule has 4 aromatic carbocycles. The third-order valence-electron chi connectivity index (χ3n) is 13.4. The molecule has 0 saturated heterocycles. The van der Waals surface area contributed by atoms with Gasteiger partial charge in [0.1, 0.15) is 0 Å². The molecule has 0 amide bonds. The molecule has 0 fully saturated rings. The summed E-state index contributed by atoms with van der Waals surface area (Å²) in [5.74, 6) is 0. The predicted molar refractivity (Wildman–Crippen MR) is 195 cm³/mol. The Hall–Kier alpha value is -2.90. The van der Waals surface area contributed by atoms with Crippen LogP contribution in [0, 0.1) is 27.7 Å². The first-order chi connectivity index (χ1) is 20.7. The van der Waals surface area contributed by atoms with Gasteiger partial charge in [0.15, 0.2) is 0 Å². The summed E-state index contributed by atoms with van der Waals surface area (Å²) in [5, 5.41) is 0. The minimum absolute atomic E-state index is 0.323. The van der Waals surface area contributed by atoms with Gasteiger partial charge in [-0.25, -0.2) is 0 Å². The van der Waals surface area contributed by atoms with Gasteiger partial charge in [0, 0.05) is 0 Å². The van der Waals surface area contributed by atoms with Crippen LogP contribution in [0.1, 0.15) is 78.5 Å². The number of hydrogen-bond donors (Lipinski definition) is 0. The van der Waals surface area contributed by atoms with Gasteiger partial charge in [-0.15, -0.1) is 0 Å². The van der Waals surface area contributed by atoms with Gasteiger partial charge >= 0.3 is 263 Å². The van der Waals surface area contributed by atoms with Crippen molar-refractivity contribution in [2.45, 2.75) is 79.4 Å². The number of hydrogen-bond acceptors (Lipinski definition) is 0. The summed E-state index contributed by atoms with van der Waals surface area (Å²) in [7, 11) is 0. The standard InChI is InChI=1S/2C17H15.2C3H7.2CH3.CH2.Hf/c2*1-12-6-3-9-15(13(12)2)17-11-5-8-14-7-4-10-16(14)17;2*1-3-2;;;;/h2*3-11H,1-2H3;2*1,3H2,2H3;2*1H3;1H2;. The van der Waals surface area contributed by atoms with Gasteiger partial charge in [-0.05, 0) is 0 Å². The van der Waals surface area contributed by atoms with Crippen LogP contribution in [0.4, 0.5) is 0 Å².